The molecule has 1 rings (SSSR count). The molecule has 1 aromatic heterocycles. The Labute approximate surface area is 87.7 Å². The average Bonchev–Trinajstić information content (AvgIpc) is 2.17. The number of imide groups is 1. The van der Waals surface area contributed by atoms with E-state index in [0.29, 0.717) is 0 Å². The number of aromatic nitrogens is 1. The molecule has 0 aliphatic heterocycles. The van der Waals surface area contributed by atoms with Crippen LogP contribution in [0.3, 0.4) is 0 Å². The third kappa shape index (κ3) is 3.14. The first-order valence-electron chi connectivity index (χ1n) is 4.47. The Morgan fingerprint density at radius 1 is 1.40 bits per heavy atom. The molecule has 15 heavy (non-hydrogen) atoms. The highest BCUT2D eigenvalue weighted by Crippen LogP contribution is 1.98. The number of hydrogen-bond acceptors (Lipinski definition) is 4. The van der Waals surface area contributed by atoms with E-state index in [9.17, 15) is 9.59 Å². The number of pyridine rings is 1. The van der Waals surface area contributed by atoms with E-state index in [0.717, 1.165) is 0 Å². The molecule has 0 saturated heterocycles. The summed E-state index contributed by atoms with van der Waals surface area (Å²) in [7, 11) is 0. The van der Waals surface area contributed by atoms with Crippen molar-refractivity contribution < 1.29 is 9.59 Å². The summed E-state index contributed by atoms with van der Waals surface area (Å²) in [5.41, 5.74) is 4.63. The first-order valence-corrected chi connectivity index (χ1v) is 4.47. The van der Waals surface area contributed by atoms with Gasteiger partial charge in [0.05, 0.1) is 5.54 Å². The van der Waals surface area contributed by atoms with Crippen LogP contribution in [0.1, 0.15) is 24.3 Å². The first-order chi connectivity index (χ1) is 6.91. The standard InChI is InChI=1S/C10H13N3O2/c1-10(2,11)9(15)13-8(14)7-5-3-4-6-12-7/h3-6H,11H2,1-2H3,(H,13,14,15). The Kier molecular flexibility index (Phi) is 3.16. The van der Waals surface area contributed by atoms with Crippen LogP contribution in [0, 0.1) is 0 Å². The molecule has 0 spiro atoms. The summed E-state index contributed by atoms with van der Waals surface area (Å²) in [6, 6.07) is 4.87. The van der Waals surface area contributed by atoms with Gasteiger partial charge in [0.2, 0.25) is 5.91 Å². The lowest BCUT2D eigenvalue weighted by Gasteiger charge is -2.16. The van der Waals surface area contributed by atoms with Crippen molar-refractivity contribution in [1.29, 1.82) is 0 Å². The fourth-order valence-electron chi connectivity index (χ4n) is 0.825. The van der Waals surface area contributed by atoms with Crippen molar-refractivity contribution in [2.24, 2.45) is 5.73 Å². The van der Waals surface area contributed by atoms with Crippen LogP contribution in [0.4, 0.5) is 0 Å². The monoisotopic (exact) mass is 207 g/mol. The maximum atomic E-state index is 11.5. The van der Waals surface area contributed by atoms with Crippen LogP contribution in [0.25, 0.3) is 0 Å². The lowest BCUT2D eigenvalue weighted by molar-refractivity contribution is -0.124. The molecule has 5 heteroatoms. The summed E-state index contributed by atoms with van der Waals surface area (Å²) in [6.45, 7) is 3.04. The third-order valence-electron chi connectivity index (χ3n) is 1.71. The van der Waals surface area contributed by atoms with Crippen LogP contribution in [0.15, 0.2) is 24.4 Å². The lowest BCUT2D eigenvalue weighted by Crippen LogP contribution is -2.51. The highest BCUT2D eigenvalue weighted by Gasteiger charge is 2.24. The van der Waals surface area contributed by atoms with Crippen LogP contribution < -0.4 is 11.1 Å². The fraction of sp³-hybridized carbons (Fsp3) is 0.300. The van der Waals surface area contributed by atoms with E-state index in [-0.39, 0.29) is 5.69 Å². The smallest absolute Gasteiger partial charge is 0.276 e. The van der Waals surface area contributed by atoms with Crippen LogP contribution in [0.2, 0.25) is 0 Å². The Hall–Kier alpha value is -1.75. The summed E-state index contributed by atoms with van der Waals surface area (Å²) in [4.78, 5) is 26.6. The van der Waals surface area contributed by atoms with Crippen molar-refractivity contribution in [2.75, 3.05) is 0 Å². The summed E-state index contributed by atoms with van der Waals surface area (Å²) in [5.74, 6) is -1.07. The summed E-state index contributed by atoms with van der Waals surface area (Å²) >= 11 is 0. The molecule has 0 aliphatic carbocycles. The predicted molar refractivity (Wildman–Crippen MR) is 55.0 cm³/mol. The molecule has 80 valence electrons. The van der Waals surface area contributed by atoms with Gasteiger partial charge in [0.25, 0.3) is 5.91 Å². The number of carbonyl (C=O) groups excluding carboxylic acids is 2. The molecule has 0 saturated carbocycles. The lowest BCUT2D eigenvalue weighted by atomic mass is 10.1. The minimum atomic E-state index is -1.08. The van der Waals surface area contributed by atoms with Gasteiger partial charge in [-0.05, 0) is 26.0 Å². The van der Waals surface area contributed by atoms with Gasteiger partial charge in [-0.25, -0.2) is 0 Å². The molecule has 0 aliphatic rings. The number of nitrogens with one attached hydrogen (secondary N) is 1. The van der Waals surface area contributed by atoms with Gasteiger partial charge in [0.15, 0.2) is 0 Å². The van der Waals surface area contributed by atoms with E-state index in [1.807, 2.05) is 0 Å². The summed E-state index contributed by atoms with van der Waals surface area (Å²) < 4.78 is 0. The van der Waals surface area contributed by atoms with Gasteiger partial charge in [-0.2, -0.15) is 0 Å². The van der Waals surface area contributed by atoms with Crippen LogP contribution in [-0.4, -0.2) is 22.3 Å². The molecule has 2 amide bonds. The van der Waals surface area contributed by atoms with Gasteiger partial charge >= 0.3 is 0 Å². The van der Waals surface area contributed by atoms with E-state index < -0.39 is 17.4 Å². The van der Waals surface area contributed by atoms with Crippen LogP contribution in [-0.2, 0) is 4.79 Å². The topological polar surface area (TPSA) is 85.1 Å². The summed E-state index contributed by atoms with van der Waals surface area (Å²) in [5, 5.41) is 2.17. The minimum absolute atomic E-state index is 0.190. The van der Waals surface area contributed by atoms with Gasteiger partial charge in [-0.1, -0.05) is 6.07 Å². The van der Waals surface area contributed by atoms with Gasteiger partial charge < -0.3 is 5.73 Å². The second kappa shape index (κ2) is 4.18. The van der Waals surface area contributed by atoms with Crippen LogP contribution >= 0.6 is 0 Å². The van der Waals surface area contributed by atoms with Crippen molar-refractivity contribution >= 4 is 11.8 Å². The predicted octanol–water partition coefficient (Wildman–Crippen LogP) is 0.0753. The van der Waals surface area contributed by atoms with E-state index >= 15 is 0 Å². The molecule has 0 fully saturated rings. The minimum Gasteiger partial charge on any atom is -0.318 e. The van der Waals surface area contributed by atoms with Crippen molar-refractivity contribution in [3.63, 3.8) is 0 Å². The maximum absolute atomic E-state index is 11.5. The van der Waals surface area contributed by atoms with Crippen molar-refractivity contribution in [3.8, 4) is 0 Å². The van der Waals surface area contributed by atoms with Crippen LogP contribution in [0.5, 0.6) is 0 Å². The van der Waals surface area contributed by atoms with Gasteiger partial charge in [0.1, 0.15) is 5.69 Å². The molecule has 1 aromatic rings. The molecule has 1 heterocycles. The number of amides is 2. The van der Waals surface area contributed by atoms with Crippen molar-refractivity contribution in [3.05, 3.63) is 30.1 Å². The molecule has 3 N–H and O–H groups in total. The molecule has 0 bridgehead atoms. The third-order valence-corrected chi connectivity index (χ3v) is 1.71. The fourth-order valence-corrected chi connectivity index (χ4v) is 0.825. The molecule has 0 radical (unpaired) electrons. The Bertz CT molecular complexity index is 368. The number of carbonyl (C=O) groups is 2. The highest BCUT2D eigenvalue weighted by atomic mass is 16.2. The quantitative estimate of drug-likeness (QED) is 0.719. The number of nitrogens with zero attached hydrogens (tertiary/aromatic N) is 1. The molecular formula is C10H13N3O2. The van der Waals surface area contributed by atoms with Gasteiger partial charge in [-0.15, -0.1) is 0 Å². The molecule has 0 aromatic carbocycles. The van der Waals surface area contributed by atoms with Crippen molar-refractivity contribution in [1.82, 2.24) is 10.3 Å². The second-order valence-electron chi connectivity index (χ2n) is 3.72. The van der Waals surface area contributed by atoms with Gasteiger partial charge in [-0.3, -0.25) is 19.9 Å². The highest BCUT2D eigenvalue weighted by molar-refractivity contribution is 6.06. The zero-order valence-electron chi connectivity index (χ0n) is 8.65. The van der Waals surface area contributed by atoms with Gasteiger partial charge in [0, 0.05) is 6.20 Å². The Morgan fingerprint density at radius 3 is 2.53 bits per heavy atom. The normalized spacial score (nSPS) is 10.9. The number of rotatable bonds is 2. The molecule has 0 unspecified atom stereocenters. The zero-order valence-corrected chi connectivity index (χ0v) is 8.65. The Balaban J connectivity index is 2.70. The molecule has 5 nitrogen and oxygen atoms in total. The van der Waals surface area contributed by atoms with Crippen molar-refractivity contribution in [2.45, 2.75) is 19.4 Å². The Morgan fingerprint density at radius 2 is 2.07 bits per heavy atom. The zero-order chi connectivity index (χ0) is 11.5. The summed E-state index contributed by atoms with van der Waals surface area (Å²) in [6.07, 6.45) is 1.48. The van der Waals surface area contributed by atoms with E-state index in [1.165, 1.54) is 26.1 Å². The number of nitrogens with two attached hydrogens (primary N) is 1. The number of hydrogen-bond donors (Lipinski definition) is 2. The molecule has 0 atom stereocenters. The van der Waals surface area contributed by atoms with E-state index in [1.54, 1.807) is 12.1 Å². The SMILES string of the molecule is CC(C)(N)C(=O)NC(=O)c1ccccn1. The van der Waals surface area contributed by atoms with E-state index in [4.69, 9.17) is 5.73 Å². The molecular weight excluding hydrogens is 194 g/mol. The second-order valence-corrected chi connectivity index (χ2v) is 3.72. The first kappa shape index (κ1) is 11.3. The maximum Gasteiger partial charge on any atom is 0.276 e. The largest absolute Gasteiger partial charge is 0.318 e. The average molecular weight is 207 g/mol. The van der Waals surface area contributed by atoms with E-state index in [2.05, 4.69) is 10.3 Å².